The standard InChI is InChI=1S/C22H21F3N2O3S2/c1-13-10-14(17-6-5-15(11-26-17)22(23,24)25)4-7-18(13)30-9-8-16-12-31-20(27-16)32-21(2,3)19(28)29/h4-7,10-12H,8-9H2,1-3H3,(H,28,29). The number of benzene rings is 1. The van der Waals surface area contributed by atoms with Crippen molar-refractivity contribution in [2.24, 2.45) is 0 Å². The van der Waals surface area contributed by atoms with Gasteiger partial charge in [0, 0.05) is 23.6 Å². The van der Waals surface area contributed by atoms with Gasteiger partial charge in [-0.15, -0.1) is 11.3 Å². The molecule has 5 nitrogen and oxygen atoms in total. The largest absolute Gasteiger partial charge is 0.493 e. The third kappa shape index (κ3) is 6.01. The minimum Gasteiger partial charge on any atom is -0.493 e. The minimum absolute atomic E-state index is 0.384. The Kier molecular flexibility index (Phi) is 7.14. The molecule has 0 amide bonds. The molecule has 0 aliphatic heterocycles. The van der Waals surface area contributed by atoms with Crippen LogP contribution in [0.3, 0.4) is 0 Å². The third-order valence-corrected chi connectivity index (χ3v) is 6.74. The first-order chi connectivity index (χ1) is 15.0. The van der Waals surface area contributed by atoms with Gasteiger partial charge in [0.2, 0.25) is 0 Å². The molecule has 0 saturated heterocycles. The molecule has 0 saturated carbocycles. The van der Waals surface area contributed by atoms with Gasteiger partial charge < -0.3 is 9.84 Å². The van der Waals surface area contributed by atoms with Gasteiger partial charge >= 0.3 is 12.1 Å². The predicted octanol–water partition coefficient (Wildman–Crippen LogP) is 6.11. The third-order valence-electron chi connectivity index (χ3n) is 4.57. The molecule has 0 fully saturated rings. The van der Waals surface area contributed by atoms with Gasteiger partial charge in [0.1, 0.15) is 10.5 Å². The Bertz CT molecular complexity index is 1100. The smallest absolute Gasteiger partial charge is 0.417 e. The molecule has 0 radical (unpaired) electrons. The number of pyridine rings is 1. The van der Waals surface area contributed by atoms with Crippen molar-refractivity contribution in [2.75, 3.05) is 6.61 Å². The number of ether oxygens (including phenoxy) is 1. The number of halogens is 3. The number of alkyl halides is 3. The summed E-state index contributed by atoms with van der Waals surface area (Å²) < 4.78 is 43.7. The molecular formula is C22H21F3N2O3S2. The Balaban J connectivity index is 1.58. The maximum atomic E-state index is 12.7. The van der Waals surface area contributed by atoms with E-state index in [1.54, 1.807) is 26.0 Å². The summed E-state index contributed by atoms with van der Waals surface area (Å²) in [6.45, 7) is 5.51. The molecule has 170 valence electrons. The zero-order valence-electron chi connectivity index (χ0n) is 17.6. The van der Waals surface area contributed by atoms with Crippen LogP contribution >= 0.6 is 23.1 Å². The maximum Gasteiger partial charge on any atom is 0.417 e. The van der Waals surface area contributed by atoms with Gasteiger partial charge in [0.15, 0.2) is 4.34 Å². The fourth-order valence-corrected chi connectivity index (χ4v) is 4.91. The Labute approximate surface area is 191 Å². The normalized spacial score (nSPS) is 12.1. The fourth-order valence-electron chi connectivity index (χ4n) is 2.68. The van der Waals surface area contributed by atoms with Crippen LogP contribution in [0, 0.1) is 6.92 Å². The summed E-state index contributed by atoms with van der Waals surface area (Å²) in [6.07, 6.45) is -3.03. The lowest BCUT2D eigenvalue weighted by atomic mass is 10.1. The number of carbonyl (C=O) groups is 1. The van der Waals surface area contributed by atoms with Crippen molar-refractivity contribution >= 4 is 29.1 Å². The van der Waals surface area contributed by atoms with Gasteiger partial charge in [-0.2, -0.15) is 13.2 Å². The SMILES string of the molecule is Cc1cc(-c2ccc(C(F)(F)F)cn2)ccc1OCCc1csc(SC(C)(C)C(=O)O)n1. The van der Waals surface area contributed by atoms with Crippen LogP contribution in [0.15, 0.2) is 46.2 Å². The van der Waals surface area contributed by atoms with E-state index < -0.39 is 22.5 Å². The molecule has 32 heavy (non-hydrogen) atoms. The average molecular weight is 483 g/mol. The molecule has 0 spiro atoms. The van der Waals surface area contributed by atoms with Crippen LogP contribution in [0.4, 0.5) is 13.2 Å². The molecule has 10 heteroatoms. The highest BCUT2D eigenvalue weighted by molar-refractivity contribution is 8.02. The van der Waals surface area contributed by atoms with E-state index in [1.807, 2.05) is 18.4 Å². The highest BCUT2D eigenvalue weighted by Gasteiger charge is 2.31. The van der Waals surface area contributed by atoms with Gasteiger partial charge in [-0.3, -0.25) is 9.78 Å². The molecule has 0 aliphatic carbocycles. The number of carboxylic acid groups (broad SMARTS) is 1. The number of aryl methyl sites for hydroxylation is 1. The van der Waals surface area contributed by atoms with Crippen LogP contribution in [0.1, 0.15) is 30.7 Å². The van der Waals surface area contributed by atoms with E-state index in [2.05, 4.69) is 9.97 Å². The van der Waals surface area contributed by atoms with E-state index in [-0.39, 0.29) is 0 Å². The van der Waals surface area contributed by atoms with E-state index in [1.165, 1.54) is 29.2 Å². The number of thioether (sulfide) groups is 1. The van der Waals surface area contributed by atoms with Crippen molar-refractivity contribution in [3.63, 3.8) is 0 Å². The van der Waals surface area contributed by atoms with E-state index in [4.69, 9.17) is 4.74 Å². The topological polar surface area (TPSA) is 72.3 Å². The molecule has 1 aromatic carbocycles. The van der Waals surface area contributed by atoms with Gasteiger partial charge in [0.25, 0.3) is 0 Å². The number of rotatable bonds is 8. The lowest BCUT2D eigenvalue weighted by Gasteiger charge is -2.15. The summed E-state index contributed by atoms with van der Waals surface area (Å²) in [5.41, 5.74) is 2.02. The van der Waals surface area contributed by atoms with Crippen molar-refractivity contribution in [1.82, 2.24) is 9.97 Å². The Hall–Kier alpha value is -2.59. The van der Waals surface area contributed by atoms with Crippen LogP contribution in [0.25, 0.3) is 11.3 Å². The van der Waals surface area contributed by atoms with Crippen molar-refractivity contribution in [1.29, 1.82) is 0 Å². The van der Waals surface area contributed by atoms with Crippen molar-refractivity contribution < 1.29 is 27.8 Å². The number of hydrogen-bond donors (Lipinski definition) is 1. The summed E-state index contributed by atoms with van der Waals surface area (Å²) in [5, 5.41) is 11.1. The van der Waals surface area contributed by atoms with Crippen LogP contribution < -0.4 is 4.74 Å². The van der Waals surface area contributed by atoms with E-state index in [9.17, 15) is 23.1 Å². The second kappa shape index (κ2) is 9.50. The number of nitrogens with zero attached hydrogens (tertiary/aromatic N) is 2. The number of aromatic nitrogens is 2. The van der Waals surface area contributed by atoms with Gasteiger partial charge in [0.05, 0.1) is 23.6 Å². The Morgan fingerprint density at radius 1 is 1.22 bits per heavy atom. The first kappa shape index (κ1) is 24.1. The summed E-state index contributed by atoms with van der Waals surface area (Å²) in [4.78, 5) is 19.6. The number of aliphatic carboxylic acids is 1. The van der Waals surface area contributed by atoms with E-state index >= 15 is 0 Å². The summed E-state index contributed by atoms with van der Waals surface area (Å²) in [5.74, 6) is -0.231. The van der Waals surface area contributed by atoms with Gasteiger partial charge in [-0.05, 0) is 56.7 Å². The second-order valence-electron chi connectivity index (χ2n) is 7.53. The first-order valence-corrected chi connectivity index (χ1v) is 11.3. The number of hydrogen-bond acceptors (Lipinski definition) is 6. The van der Waals surface area contributed by atoms with Crippen LogP contribution in [0.2, 0.25) is 0 Å². The zero-order chi connectivity index (χ0) is 23.5. The molecule has 0 unspecified atom stereocenters. The Morgan fingerprint density at radius 2 is 1.97 bits per heavy atom. The van der Waals surface area contributed by atoms with Crippen molar-refractivity contribution in [2.45, 2.75) is 42.5 Å². The predicted molar refractivity (Wildman–Crippen MR) is 118 cm³/mol. The quantitative estimate of drug-likeness (QED) is 0.391. The second-order valence-corrected chi connectivity index (χ2v) is 10.3. The Morgan fingerprint density at radius 3 is 2.56 bits per heavy atom. The van der Waals surface area contributed by atoms with Gasteiger partial charge in [-0.25, -0.2) is 4.98 Å². The monoisotopic (exact) mass is 482 g/mol. The molecular weight excluding hydrogens is 461 g/mol. The molecule has 2 heterocycles. The lowest BCUT2D eigenvalue weighted by Crippen LogP contribution is -2.26. The highest BCUT2D eigenvalue weighted by atomic mass is 32.2. The van der Waals surface area contributed by atoms with Crippen LogP contribution in [-0.4, -0.2) is 32.4 Å². The molecule has 0 atom stereocenters. The molecule has 3 rings (SSSR count). The number of carboxylic acids is 1. The van der Waals surface area contributed by atoms with Crippen molar-refractivity contribution in [3.05, 3.63) is 58.7 Å². The molecule has 2 aromatic heterocycles. The molecule has 0 aliphatic rings. The average Bonchev–Trinajstić information content (AvgIpc) is 3.15. The highest BCUT2D eigenvalue weighted by Crippen LogP contribution is 2.35. The lowest BCUT2D eigenvalue weighted by molar-refractivity contribution is -0.139. The fraction of sp³-hybridized carbons (Fsp3) is 0.318. The molecule has 3 aromatic rings. The molecule has 1 N–H and O–H groups in total. The summed E-state index contributed by atoms with van der Waals surface area (Å²) in [7, 11) is 0. The number of thiazole rings is 1. The summed E-state index contributed by atoms with van der Waals surface area (Å²) >= 11 is 2.61. The minimum atomic E-state index is -4.41. The zero-order valence-corrected chi connectivity index (χ0v) is 19.2. The van der Waals surface area contributed by atoms with Crippen LogP contribution in [-0.2, 0) is 17.4 Å². The van der Waals surface area contributed by atoms with Gasteiger partial charge in [-0.1, -0.05) is 11.8 Å². The maximum absolute atomic E-state index is 12.7. The van der Waals surface area contributed by atoms with Crippen LogP contribution in [0.5, 0.6) is 5.75 Å². The summed E-state index contributed by atoms with van der Waals surface area (Å²) in [6, 6.07) is 7.70. The first-order valence-electron chi connectivity index (χ1n) is 9.59. The van der Waals surface area contributed by atoms with E-state index in [0.29, 0.717) is 34.4 Å². The van der Waals surface area contributed by atoms with Crippen molar-refractivity contribution in [3.8, 4) is 17.0 Å². The molecule has 0 bridgehead atoms. The van der Waals surface area contributed by atoms with E-state index in [0.717, 1.165) is 23.5 Å².